The van der Waals surface area contributed by atoms with Crippen LogP contribution < -0.4 is 0 Å². The number of halogens is 3. The summed E-state index contributed by atoms with van der Waals surface area (Å²) in [4.78, 5) is 24.6. The number of hydrogen-bond acceptors (Lipinski definition) is 5. The van der Waals surface area contributed by atoms with Gasteiger partial charge in [-0.2, -0.15) is 0 Å². The second kappa shape index (κ2) is 5.98. The van der Waals surface area contributed by atoms with Crippen LogP contribution in [0, 0.1) is 13.7 Å². The van der Waals surface area contributed by atoms with Gasteiger partial charge in [-0.1, -0.05) is 0 Å². The maximum absolute atomic E-state index is 12.6. The van der Waals surface area contributed by atoms with E-state index in [1.165, 1.54) is 22.6 Å². The number of carbonyl (C=O) groups is 1. The average Bonchev–Trinajstić information content (AvgIpc) is 2.27. The van der Waals surface area contributed by atoms with Crippen LogP contribution >= 0.6 is 22.6 Å². The lowest BCUT2D eigenvalue weighted by molar-refractivity contribution is -0.387. The van der Waals surface area contributed by atoms with Crippen LogP contribution in [0.3, 0.4) is 0 Å². The van der Waals surface area contributed by atoms with Gasteiger partial charge < -0.3 is 4.74 Å². The van der Waals surface area contributed by atoms with E-state index in [1.54, 1.807) is 0 Å². The van der Waals surface area contributed by atoms with E-state index in [9.17, 15) is 23.7 Å². The molecule has 0 aromatic carbocycles. The predicted molar refractivity (Wildman–Crippen MR) is 64.3 cm³/mol. The number of hydrogen-bond donors (Lipinski definition) is 0. The van der Waals surface area contributed by atoms with E-state index in [2.05, 4.69) is 9.72 Å². The predicted octanol–water partition coefficient (Wildman–Crippen LogP) is 2.25. The van der Waals surface area contributed by atoms with Crippen molar-refractivity contribution in [2.75, 3.05) is 7.11 Å². The highest BCUT2D eigenvalue weighted by Crippen LogP contribution is 2.32. The van der Waals surface area contributed by atoms with Gasteiger partial charge in [0.25, 0.3) is 6.43 Å². The average molecular weight is 372 g/mol. The lowest BCUT2D eigenvalue weighted by Gasteiger charge is -2.07. The van der Waals surface area contributed by atoms with Crippen LogP contribution in [0.25, 0.3) is 0 Å². The first-order valence-corrected chi connectivity index (χ1v) is 5.63. The Kier molecular flexibility index (Phi) is 4.87. The number of nitro groups is 1. The molecule has 9 heteroatoms. The van der Waals surface area contributed by atoms with Gasteiger partial charge in [0.2, 0.25) is 0 Å². The Morgan fingerprint density at radius 1 is 1.67 bits per heavy atom. The summed E-state index contributed by atoms with van der Waals surface area (Å²) in [5.41, 5.74) is -1.31. The van der Waals surface area contributed by atoms with Crippen molar-refractivity contribution in [2.24, 2.45) is 0 Å². The molecule has 0 saturated heterocycles. The Bertz CT molecular complexity index is 496. The van der Waals surface area contributed by atoms with E-state index in [-0.39, 0.29) is 9.26 Å². The molecule has 0 N–H and O–H groups in total. The molecule has 1 rings (SSSR count). The van der Waals surface area contributed by atoms with Crippen molar-refractivity contribution >= 4 is 34.2 Å². The van der Waals surface area contributed by atoms with Crippen molar-refractivity contribution in [2.45, 2.75) is 12.8 Å². The number of pyridine rings is 1. The topological polar surface area (TPSA) is 82.3 Å². The second-order valence-electron chi connectivity index (χ2n) is 3.13. The Morgan fingerprint density at radius 3 is 2.72 bits per heavy atom. The molecule has 0 spiro atoms. The van der Waals surface area contributed by atoms with Gasteiger partial charge in [-0.25, -0.2) is 8.78 Å². The molecule has 0 saturated carbocycles. The normalized spacial score (nSPS) is 10.5. The SMILES string of the molecule is COC(=O)Cc1ncc(C(F)F)c(I)c1[N+](=O)[O-]. The molecule has 0 aliphatic heterocycles. The molecule has 1 aromatic heterocycles. The van der Waals surface area contributed by atoms with Crippen LogP contribution in [0.15, 0.2) is 6.20 Å². The number of ether oxygens (including phenoxy) is 1. The van der Waals surface area contributed by atoms with Crippen LogP contribution in [0.4, 0.5) is 14.5 Å². The van der Waals surface area contributed by atoms with Crippen molar-refractivity contribution in [1.29, 1.82) is 0 Å². The molecule has 0 radical (unpaired) electrons. The minimum atomic E-state index is -2.87. The fourth-order valence-electron chi connectivity index (χ4n) is 1.20. The van der Waals surface area contributed by atoms with Gasteiger partial charge in [-0.15, -0.1) is 0 Å². The number of esters is 1. The quantitative estimate of drug-likeness (QED) is 0.351. The first-order valence-electron chi connectivity index (χ1n) is 4.55. The molecule has 1 heterocycles. The smallest absolute Gasteiger partial charge is 0.311 e. The molecule has 0 bridgehead atoms. The van der Waals surface area contributed by atoms with Gasteiger partial charge in [0.1, 0.15) is 9.26 Å². The van der Waals surface area contributed by atoms with Crippen molar-refractivity contribution in [3.63, 3.8) is 0 Å². The summed E-state index contributed by atoms with van der Waals surface area (Å²) < 4.78 is 29.3. The number of rotatable bonds is 4. The molecule has 18 heavy (non-hydrogen) atoms. The zero-order chi connectivity index (χ0) is 13.9. The molecular weight excluding hydrogens is 365 g/mol. The van der Waals surface area contributed by atoms with Gasteiger partial charge in [0.15, 0.2) is 0 Å². The second-order valence-corrected chi connectivity index (χ2v) is 4.21. The molecular formula is C9H7F2IN2O4. The Hall–Kier alpha value is -1.39. The zero-order valence-electron chi connectivity index (χ0n) is 9.02. The molecule has 1 aromatic rings. The molecule has 0 unspecified atom stereocenters. The van der Waals surface area contributed by atoms with Gasteiger partial charge in [0.05, 0.1) is 24.0 Å². The first kappa shape index (κ1) is 14.7. The number of alkyl halides is 2. The highest BCUT2D eigenvalue weighted by atomic mass is 127. The van der Waals surface area contributed by atoms with Gasteiger partial charge in [-0.3, -0.25) is 19.9 Å². The molecule has 0 aliphatic rings. The molecule has 0 atom stereocenters. The minimum Gasteiger partial charge on any atom is -0.469 e. The van der Waals surface area contributed by atoms with E-state index in [4.69, 9.17) is 0 Å². The van der Waals surface area contributed by atoms with Gasteiger partial charge in [0, 0.05) is 6.20 Å². The summed E-state index contributed by atoms with van der Waals surface area (Å²) in [5, 5.41) is 10.9. The Balaban J connectivity index is 3.32. The first-order chi connectivity index (χ1) is 8.38. The maximum Gasteiger partial charge on any atom is 0.311 e. The van der Waals surface area contributed by atoms with Gasteiger partial charge >= 0.3 is 11.7 Å². The van der Waals surface area contributed by atoms with E-state index in [0.717, 1.165) is 13.3 Å². The maximum atomic E-state index is 12.6. The van der Waals surface area contributed by atoms with Crippen LogP contribution in [0.2, 0.25) is 0 Å². The van der Waals surface area contributed by atoms with E-state index >= 15 is 0 Å². The Morgan fingerprint density at radius 2 is 2.28 bits per heavy atom. The van der Waals surface area contributed by atoms with E-state index < -0.39 is 35.0 Å². The van der Waals surface area contributed by atoms with Crippen LogP contribution in [0.5, 0.6) is 0 Å². The van der Waals surface area contributed by atoms with Crippen molar-refractivity contribution in [3.8, 4) is 0 Å². The summed E-state index contributed by atoms with van der Waals surface area (Å²) in [5.74, 6) is -0.730. The summed E-state index contributed by atoms with van der Waals surface area (Å²) in [6.07, 6.45) is -2.47. The van der Waals surface area contributed by atoms with Crippen LogP contribution in [0.1, 0.15) is 17.7 Å². The summed E-state index contributed by atoms with van der Waals surface area (Å²) >= 11 is 1.44. The minimum absolute atomic E-state index is 0.194. The lowest BCUT2D eigenvalue weighted by Crippen LogP contribution is -2.11. The highest BCUT2D eigenvalue weighted by Gasteiger charge is 2.27. The largest absolute Gasteiger partial charge is 0.469 e. The number of methoxy groups -OCH3 is 1. The number of nitrogens with zero attached hydrogens (tertiary/aromatic N) is 2. The van der Waals surface area contributed by atoms with Crippen molar-refractivity contribution in [3.05, 3.63) is 31.1 Å². The summed E-state index contributed by atoms with van der Waals surface area (Å²) in [7, 11) is 1.12. The van der Waals surface area contributed by atoms with E-state index in [1.807, 2.05) is 0 Å². The fourth-order valence-corrected chi connectivity index (χ4v) is 2.09. The standard InChI is InChI=1S/C9H7F2IN2O4/c1-18-6(15)2-5-8(14(16)17)7(12)4(3-13-5)9(10)11/h3,9H,2H2,1H3. The number of carbonyl (C=O) groups excluding carboxylic acids is 1. The highest BCUT2D eigenvalue weighted by molar-refractivity contribution is 14.1. The zero-order valence-corrected chi connectivity index (χ0v) is 11.2. The third-order valence-corrected chi connectivity index (χ3v) is 3.19. The van der Waals surface area contributed by atoms with Gasteiger partial charge in [-0.05, 0) is 22.6 Å². The third kappa shape index (κ3) is 3.09. The van der Waals surface area contributed by atoms with Crippen LogP contribution in [-0.4, -0.2) is 23.0 Å². The summed E-state index contributed by atoms with van der Waals surface area (Å²) in [6.45, 7) is 0. The number of aromatic nitrogens is 1. The molecule has 98 valence electrons. The molecule has 0 aliphatic carbocycles. The summed E-state index contributed by atoms with van der Waals surface area (Å²) in [6, 6.07) is 0. The Labute approximate surface area is 114 Å². The lowest BCUT2D eigenvalue weighted by atomic mass is 10.2. The molecule has 0 amide bonds. The fraction of sp³-hybridized carbons (Fsp3) is 0.333. The van der Waals surface area contributed by atoms with Crippen molar-refractivity contribution in [1.82, 2.24) is 4.98 Å². The molecule has 0 fully saturated rings. The molecule has 6 nitrogen and oxygen atoms in total. The monoisotopic (exact) mass is 372 g/mol. The third-order valence-electron chi connectivity index (χ3n) is 2.05. The van der Waals surface area contributed by atoms with Crippen molar-refractivity contribution < 1.29 is 23.2 Å². The van der Waals surface area contributed by atoms with Crippen LogP contribution in [-0.2, 0) is 16.0 Å². The van der Waals surface area contributed by atoms with E-state index in [0.29, 0.717) is 0 Å².